The van der Waals surface area contributed by atoms with Gasteiger partial charge in [-0.1, -0.05) is 18.2 Å². The molecule has 4 nitrogen and oxygen atoms in total. The lowest BCUT2D eigenvalue weighted by Crippen LogP contribution is -2.31. The Morgan fingerprint density at radius 1 is 1.05 bits per heavy atom. The SMILES string of the molecule is Cc1nn(-c2ccccc2)c(N2CCCCC2)c1N. The van der Waals surface area contributed by atoms with Crippen LogP contribution in [0.2, 0.25) is 0 Å². The van der Waals surface area contributed by atoms with E-state index >= 15 is 0 Å². The van der Waals surface area contributed by atoms with Gasteiger partial charge in [-0.25, -0.2) is 4.68 Å². The molecule has 2 aromatic rings. The normalized spacial score (nSPS) is 15.7. The minimum Gasteiger partial charge on any atom is -0.394 e. The first-order chi connectivity index (χ1) is 9.27. The maximum Gasteiger partial charge on any atom is 0.155 e. The highest BCUT2D eigenvalue weighted by Gasteiger charge is 2.21. The van der Waals surface area contributed by atoms with Crippen LogP contribution in [0.5, 0.6) is 0 Å². The second-order valence-electron chi connectivity index (χ2n) is 5.12. The number of benzene rings is 1. The van der Waals surface area contributed by atoms with Crippen molar-refractivity contribution in [3.05, 3.63) is 36.0 Å². The summed E-state index contributed by atoms with van der Waals surface area (Å²) in [5, 5.41) is 4.61. The number of piperidine rings is 1. The number of hydrogen-bond donors (Lipinski definition) is 1. The molecule has 1 saturated heterocycles. The first-order valence-corrected chi connectivity index (χ1v) is 6.93. The van der Waals surface area contributed by atoms with E-state index in [1.807, 2.05) is 29.8 Å². The number of rotatable bonds is 2. The Hall–Kier alpha value is -1.97. The molecule has 0 amide bonds. The van der Waals surface area contributed by atoms with Crippen molar-refractivity contribution < 1.29 is 0 Å². The smallest absolute Gasteiger partial charge is 0.155 e. The highest BCUT2D eigenvalue weighted by molar-refractivity contribution is 5.68. The standard InChI is InChI=1S/C15H20N4/c1-12-14(16)15(18-10-6-3-7-11-18)19(17-12)13-8-4-2-5-9-13/h2,4-5,8-9H,3,6-7,10-11,16H2,1H3. The van der Waals surface area contributed by atoms with Crippen LogP contribution in [-0.4, -0.2) is 22.9 Å². The summed E-state index contributed by atoms with van der Waals surface area (Å²) in [6.45, 7) is 4.12. The summed E-state index contributed by atoms with van der Waals surface area (Å²) in [6.07, 6.45) is 3.78. The van der Waals surface area contributed by atoms with Gasteiger partial charge in [-0.2, -0.15) is 5.10 Å². The lowest BCUT2D eigenvalue weighted by atomic mass is 10.1. The van der Waals surface area contributed by atoms with Gasteiger partial charge in [0.1, 0.15) is 0 Å². The van der Waals surface area contributed by atoms with Gasteiger partial charge in [-0.15, -0.1) is 0 Å². The number of para-hydroxylation sites is 1. The molecule has 0 unspecified atom stereocenters. The fourth-order valence-corrected chi connectivity index (χ4v) is 2.69. The maximum atomic E-state index is 6.25. The fraction of sp³-hybridized carbons (Fsp3) is 0.400. The van der Waals surface area contributed by atoms with E-state index in [0.717, 1.165) is 36.0 Å². The molecule has 0 atom stereocenters. The minimum atomic E-state index is 0.811. The molecular formula is C15H20N4. The lowest BCUT2D eigenvalue weighted by molar-refractivity contribution is 0.568. The summed E-state index contributed by atoms with van der Waals surface area (Å²) >= 11 is 0. The summed E-state index contributed by atoms with van der Waals surface area (Å²) in [7, 11) is 0. The fourth-order valence-electron chi connectivity index (χ4n) is 2.69. The lowest BCUT2D eigenvalue weighted by Gasteiger charge is -2.29. The number of hydrogen-bond acceptors (Lipinski definition) is 3. The molecule has 1 aromatic carbocycles. The third-order valence-electron chi connectivity index (χ3n) is 3.74. The predicted molar refractivity (Wildman–Crippen MR) is 78.8 cm³/mol. The van der Waals surface area contributed by atoms with Crippen LogP contribution in [0.15, 0.2) is 30.3 Å². The Labute approximate surface area is 113 Å². The molecule has 1 aliphatic rings. The summed E-state index contributed by atoms with van der Waals surface area (Å²) < 4.78 is 1.98. The van der Waals surface area contributed by atoms with Crippen LogP contribution in [-0.2, 0) is 0 Å². The van der Waals surface area contributed by atoms with Crippen LogP contribution >= 0.6 is 0 Å². The van der Waals surface area contributed by atoms with E-state index in [0.29, 0.717) is 0 Å². The highest BCUT2D eigenvalue weighted by atomic mass is 15.4. The number of aryl methyl sites for hydroxylation is 1. The molecule has 19 heavy (non-hydrogen) atoms. The molecule has 0 radical (unpaired) electrons. The summed E-state index contributed by atoms with van der Waals surface area (Å²) in [4.78, 5) is 2.37. The summed E-state index contributed by atoms with van der Waals surface area (Å²) in [6, 6.07) is 10.2. The van der Waals surface area contributed by atoms with E-state index in [-0.39, 0.29) is 0 Å². The molecule has 1 aliphatic heterocycles. The first-order valence-electron chi connectivity index (χ1n) is 6.93. The van der Waals surface area contributed by atoms with Crippen molar-refractivity contribution in [1.82, 2.24) is 9.78 Å². The molecule has 1 aromatic heterocycles. The second kappa shape index (κ2) is 4.96. The monoisotopic (exact) mass is 256 g/mol. The third-order valence-corrected chi connectivity index (χ3v) is 3.74. The molecule has 100 valence electrons. The van der Waals surface area contributed by atoms with Crippen molar-refractivity contribution in [1.29, 1.82) is 0 Å². The summed E-state index contributed by atoms with van der Waals surface area (Å²) in [5.41, 5.74) is 9.04. The Morgan fingerprint density at radius 2 is 1.74 bits per heavy atom. The summed E-state index contributed by atoms with van der Waals surface area (Å²) in [5.74, 6) is 1.06. The number of nitrogens with two attached hydrogens (primary N) is 1. The van der Waals surface area contributed by atoms with Crippen molar-refractivity contribution in [3.63, 3.8) is 0 Å². The van der Waals surface area contributed by atoms with Crippen molar-refractivity contribution in [2.75, 3.05) is 23.7 Å². The Bertz CT molecular complexity index is 553. The maximum absolute atomic E-state index is 6.25. The van der Waals surface area contributed by atoms with Gasteiger partial charge in [0.15, 0.2) is 5.82 Å². The van der Waals surface area contributed by atoms with Gasteiger partial charge < -0.3 is 10.6 Å². The Balaban J connectivity index is 2.07. The molecule has 4 heteroatoms. The number of aromatic nitrogens is 2. The molecule has 0 aliphatic carbocycles. The van der Waals surface area contributed by atoms with E-state index in [1.165, 1.54) is 19.3 Å². The quantitative estimate of drug-likeness (QED) is 0.898. The van der Waals surface area contributed by atoms with E-state index in [2.05, 4.69) is 22.1 Å². The van der Waals surface area contributed by atoms with Gasteiger partial charge in [0, 0.05) is 13.1 Å². The molecule has 0 spiro atoms. The zero-order valence-corrected chi connectivity index (χ0v) is 11.3. The zero-order valence-electron chi connectivity index (χ0n) is 11.3. The third kappa shape index (κ3) is 2.18. The molecule has 2 heterocycles. The number of nitrogens with zero attached hydrogens (tertiary/aromatic N) is 3. The van der Waals surface area contributed by atoms with Gasteiger partial charge in [0.2, 0.25) is 0 Å². The minimum absolute atomic E-state index is 0.811. The van der Waals surface area contributed by atoms with E-state index in [9.17, 15) is 0 Å². The molecule has 2 N–H and O–H groups in total. The highest BCUT2D eigenvalue weighted by Crippen LogP contribution is 2.31. The van der Waals surface area contributed by atoms with Gasteiger partial charge in [0.25, 0.3) is 0 Å². The van der Waals surface area contributed by atoms with E-state index < -0.39 is 0 Å². The molecular weight excluding hydrogens is 236 g/mol. The van der Waals surface area contributed by atoms with Crippen LogP contribution in [0.1, 0.15) is 25.0 Å². The van der Waals surface area contributed by atoms with Gasteiger partial charge in [-0.05, 0) is 38.3 Å². The largest absolute Gasteiger partial charge is 0.394 e. The van der Waals surface area contributed by atoms with Gasteiger partial charge in [0.05, 0.1) is 17.1 Å². The first kappa shape index (κ1) is 12.1. The van der Waals surface area contributed by atoms with Crippen molar-refractivity contribution in [2.45, 2.75) is 26.2 Å². The zero-order chi connectivity index (χ0) is 13.2. The molecule has 0 bridgehead atoms. The Morgan fingerprint density at radius 3 is 2.42 bits per heavy atom. The van der Waals surface area contributed by atoms with Crippen molar-refractivity contribution >= 4 is 11.5 Å². The van der Waals surface area contributed by atoms with Crippen LogP contribution in [0.4, 0.5) is 11.5 Å². The average molecular weight is 256 g/mol. The van der Waals surface area contributed by atoms with Crippen LogP contribution in [0, 0.1) is 6.92 Å². The van der Waals surface area contributed by atoms with Crippen LogP contribution in [0.3, 0.4) is 0 Å². The second-order valence-corrected chi connectivity index (χ2v) is 5.12. The van der Waals surface area contributed by atoms with Crippen LogP contribution < -0.4 is 10.6 Å². The van der Waals surface area contributed by atoms with Crippen molar-refractivity contribution in [2.24, 2.45) is 0 Å². The Kier molecular flexibility index (Phi) is 3.15. The topological polar surface area (TPSA) is 47.1 Å². The molecule has 0 saturated carbocycles. The number of anilines is 2. The average Bonchev–Trinajstić information content (AvgIpc) is 2.77. The van der Waals surface area contributed by atoms with Gasteiger partial charge >= 0.3 is 0 Å². The molecule has 3 rings (SSSR count). The van der Waals surface area contributed by atoms with E-state index in [1.54, 1.807) is 0 Å². The molecule has 1 fully saturated rings. The van der Waals surface area contributed by atoms with E-state index in [4.69, 9.17) is 5.73 Å². The van der Waals surface area contributed by atoms with Crippen molar-refractivity contribution in [3.8, 4) is 5.69 Å². The van der Waals surface area contributed by atoms with Gasteiger partial charge in [-0.3, -0.25) is 0 Å². The number of nitrogen functional groups attached to an aromatic ring is 1. The predicted octanol–water partition coefficient (Wildman–Crippen LogP) is 2.75. The van der Waals surface area contributed by atoms with Crippen LogP contribution in [0.25, 0.3) is 5.69 Å².